The summed E-state index contributed by atoms with van der Waals surface area (Å²) >= 11 is 10.3. The standard InChI is InChI=1S/C15H14ClNO2S/c1-17(13-5-3-4-6-14(13)19-2)15(18)11-9-10(20)7-8-12(11)16/h3-9,20H,1-2H3. The molecule has 0 bridgehead atoms. The first kappa shape index (κ1) is 14.8. The Bertz CT molecular complexity index is 646. The number of carbonyl (C=O) groups is 1. The van der Waals surface area contributed by atoms with E-state index >= 15 is 0 Å². The number of nitrogens with zero attached hydrogens (tertiary/aromatic N) is 1. The number of hydrogen-bond acceptors (Lipinski definition) is 3. The normalized spacial score (nSPS) is 10.2. The van der Waals surface area contributed by atoms with Gasteiger partial charge in [-0.3, -0.25) is 4.79 Å². The second kappa shape index (κ2) is 6.20. The molecule has 3 nitrogen and oxygen atoms in total. The lowest BCUT2D eigenvalue weighted by Crippen LogP contribution is -2.27. The highest BCUT2D eigenvalue weighted by atomic mass is 35.5. The lowest BCUT2D eigenvalue weighted by atomic mass is 10.2. The number of para-hydroxylation sites is 2. The number of halogens is 1. The van der Waals surface area contributed by atoms with E-state index in [0.717, 1.165) is 0 Å². The van der Waals surface area contributed by atoms with E-state index < -0.39 is 0 Å². The summed E-state index contributed by atoms with van der Waals surface area (Å²) in [4.78, 5) is 14.7. The van der Waals surface area contributed by atoms with E-state index in [4.69, 9.17) is 16.3 Å². The number of carbonyl (C=O) groups excluding carboxylic acids is 1. The van der Waals surface area contributed by atoms with Crippen molar-refractivity contribution in [3.05, 3.63) is 53.1 Å². The van der Waals surface area contributed by atoms with E-state index in [1.54, 1.807) is 38.4 Å². The minimum atomic E-state index is -0.213. The third-order valence-electron chi connectivity index (χ3n) is 2.93. The molecule has 0 radical (unpaired) electrons. The van der Waals surface area contributed by atoms with Gasteiger partial charge in [-0.05, 0) is 30.3 Å². The predicted octanol–water partition coefficient (Wildman–Crippen LogP) is 3.91. The summed E-state index contributed by atoms with van der Waals surface area (Å²) in [5.41, 5.74) is 1.09. The van der Waals surface area contributed by atoms with E-state index in [2.05, 4.69) is 12.6 Å². The number of amides is 1. The fraction of sp³-hybridized carbons (Fsp3) is 0.133. The van der Waals surface area contributed by atoms with Crippen LogP contribution in [0.2, 0.25) is 5.02 Å². The van der Waals surface area contributed by atoms with Crippen molar-refractivity contribution in [1.29, 1.82) is 0 Å². The summed E-state index contributed by atoms with van der Waals surface area (Å²) in [5, 5.41) is 0.398. The van der Waals surface area contributed by atoms with Crippen molar-refractivity contribution in [2.24, 2.45) is 0 Å². The lowest BCUT2D eigenvalue weighted by molar-refractivity contribution is 0.0992. The summed E-state index contributed by atoms with van der Waals surface area (Å²) in [6.07, 6.45) is 0. The number of anilines is 1. The van der Waals surface area contributed by atoms with Crippen molar-refractivity contribution in [2.45, 2.75) is 4.90 Å². The molecule has 0 aliphatic rings. The Morgan fingerprint density at radius 1 is 1.25 bits per heavy atom. The second-order valence-corrected chi connectivity index (χ2v) is 5.12. The van der Waals surface area contributed by atoms with Crippen molar-refractivity contribution in [1.82, 2.24) is 0 Å². The summed E-state index contributed by atoms with van der Waals surface area (Å²) in [7, 11) is 3.25. The van der Waals surface area contributed by atoms with Gasteiger partial charge < -0.3 is 9.64 Å². The van der Waals surface area contributed by atoms with Crippen LogP contribution < -0.4 is 9.64 Å². The van der Waals surface area contributed by atoms with Gasteiger partial charge in [-0.25, -0.2) is 0 Å². The minimum Gasteiger partial charge on any atom is -0.495 e. The number of ether oxygens (including phenoxy) is 1. The molecule has 2 aromatic carbocycles. The molecule has 0 N–H and O–H groups in total. The molecule has 0 atom stereocenters. The number of methoxy groups -OCH3 is 1. The SMILES string of the molecule is COc1ccccc1N(C)C(=O)c1cc(S)ccc1Cl. The Hall–Kier alpha value is -1.65. The van der Waals surface area contributed by atoms with Crippen LogP contribution >= 0.6 is 24.2 Å². The van der Waals surface area contributed by atoms with Crippen LogP contribution in [0.1, 0.15) is 10.4 Å². The number of benzene rings is 2. The summed E-state index contributed by atoms with van der Waals surface area (Å²) in [6, 6.07) is 12.4. The van der Waals surface area contributed by atoms with Crippen molar-refractivity contribution < 1.29 is 9.53 Å². The molecule has 0 aromatic heterocycles. The Balaban J connectivity index is 2.40. The average molecular weight is 308 g/mol. The Labute approximate surface area is 128 Å². The fourth-order valence-corrected chi connectivity index (χ4v) is 2.28. The first-order chi connectivity index (χ1) is 9.54. The average Bonchev–Trinajstić information content (AvgIpc) is 2.48. The highest BCUT2D eigenvalue weighted by molar-refractivity contribution is 7.80. The molecule has 0 aliphatic carbocycles. The topological polar surface area (TPSA) is 29.5 Å². The molecule has 0 spiro atoms. The lowest BCUT2D eigenvalue weighted by Gasteiger charge is -2.20. The smallest absolute Gasteiger partial charge is 0.259 e. The number of thiol groups is 1. The molecule has 104 valence electrons. The van der Waals surface area contributed by atoms with Gasteiger partial charge in [0.05, 0.1) is 23.4 Å². The molecule has 0 saturated carbocycles. The predicted molar refractivity (Wildman–Crippen MR) is 84.4 cm³/mol. The van der Waals surface area contributed by atoms with Gasteiger partial charge in [0.25, 0.3) is 5.91 Å². The van der Waals surface area contributed by atoms with Crippen molar-refractivity contribution >= 4 is 35.8 Å². The molecule has 2 aromatic rings. The van der Waals surface area contributed by atoms with Crippen LogP contribution in [-0.4, -0.2) is 20.1 Å². The fourth-order valence-electron chi connectivity index (χ4n) is 1.87. The van der Waals surface area contributed by atoms with E-state index in [-0.39, 0.29) is 5.91 Å². The molecular weight excluding hydrogens is 294 g/mol. The van der Waals surface area contributed by atoms with Gasteiger partial charge in [-0.1, -0.05) is 23.7 Å². The van der Waals surface area contributed by atoms with Crippen LogP contribution in [0.15, 0.2) is 47.4 Å². The first-order valence-electron chi connectivity index (χ1n) is 5.94. The van der Waals surface area contributed by atoms with Gasteiger partial charge in [-0.15, -0.1) is 12.6 Å². The van der Waals surface area contributed by atoms with E-state index in [1.165, 1.54) is 4.90 Å². The first-order valence-corrected chi connectivity index (χ1v) is 6.76. The van der Waals surface area contributed by atoms with Crippen LogP contribution in [0, 0.1) is 0 Å². The number of hydrogen-bond donors (Lipinski definition) is 1. The van der Waals surface area contributed by atoms with Crippen molar-refractivity contribution in [3.8, 4) is 5.75 Å². The van der Waals surface area contributed by atoms with E-state index in [9.17, 15) is 4.79 Å². The summed E-state index contributed by atoms with van der Waals surface area (Å²) in [6.45, 7) is 0. The molecule has 0 unspecified atom stereocenters. The van der Waals surface area contributed by atoms with Gasteiger partial charge >= 0.3 is 0 Å². The Morgan fingerprint density at radius 2 is 1.95 bits per heavy atom. The molecule has 0 heterocycles. The van der Waals surface area contributed by atoms with Gasteiger partial charge in [0.2, 0.25) is 0 Å². The molecule has 0 fully saturated rings. The third-order valence-corrected chi connectivity index (χ3v) is 3.54. The Morgan fingerprint density at radius 3 is 2.65 bits per heavy atom. The van der Waals surface area contributed by atoms with Gasteiger partial charge in [-0.2, -0.15) is 0 Å². The van der Waals surface area contributed by atoms with Gasteiger partial charge in [0, 0.05) is 11.9 Å². The zero-order valence-corrected chi connectivity index (χ0v) is 12.8. The van der Waals surface area contributed by atoms with Gasteiger partial charge in [0.15, 0.2) is 0 Å². The van der Waals surface area contributed by atoms with Gasteiger partial charge in [0.1, 0.15) is 5.75 Å². The maximum atomic E-state index is 12.5. The quantitative estimate of drug-likeness (QED) is 0.871. The largest absolute Gasteiger partial charge is 0.495 e. The van der Waals surface area contributed by atoms with Crippen LogP contribution in [0.25, 0.3) is 0 Å². The summed E-state index contributed by atoms with van der Waals surface area (Å²) in [5.74, 6) is 0.414. The highest BCUT2D eigenvalue weighted by Gasteiger charge is 2.19. The third kappa shape index (κ3) is 2.92. The number of rotatable bonds is 3. The molecule has 1 amide bonds. The second-order valence-electron chi connectivity index (χ2n) is 4.20. The molecule has 20 heavy (non-hydrogen) atoms. The monoisotopic (exact) mass is 307 g/mol. The van der Waals surface area contributed by atoms with E-state index in [0.29, 0.717) is 26.9 Å². The van der Waals surface area contributed by atoms with Crippen LogP contribution in [-0.2, 0) is 0 Å². The van der Waals surface area contributed by atoms with Crippen LogP contribution in [0.4, 0.5) is 5.69 Å². The maximum Gasteiger partial charge on any atom is 0.259 e. The van der Waals surface area contributed by atoms with Crippen molar-refractivity contribution in [3.63, 3.8) is 0 Å². The molecule has 2 rings (SSSR count). The molecule has 5 heteroatoms. The minimum absolute atomic E-state index is 0.213. The highest BCUT2D eigenvalue weighted by Crippen LogP contribution is 2.29. The zero-order chi connectivity index (χ0) is 14.7. The summed E-state index contributed by atoms with van der Waals surface area (Å²) < 4.78 is 5.26. The van der Waals surface area contributed by atoms with E-state index in [1.807, 2.05) is 18.2 Å². The zero-order valence-electron chi connectivity index (χ0n) is 11.1. The maximum absolute atomic E-state index is 12.5. The van der Waals surface area contributed by atoms with Crippen molar-refractivity contribution in [2.75, 3.05) is 19.1 Å². The molecular formula is C15H14ClNO2S. The molecule has 0 aliphatic heterocycles. The Kier molecular flexibility index (Phi) is 4.57. The van der Waals surface area contributed by atoms with Crippen LogP contribution in [0.5, 0.6) is 5.75 Å². The van der Waals surface area contributed by atoms with Crippen LogP contribution in [0.3, 0.4) is 0 Å². The molecule has 0 saturated heterocycles.